The topological polar surface area (TPSA) is 43.4 Å². The quantitative estimate of drug-likeness (QED) is 0.412. The van der Waals surface area contributed by atoms with E-state index in [2.05, 4.69) is 0 Å². The van der Waals surface area contributed by atoms with E-state index in [1.54, 1.807) is 37.4 Å². The first-order valence-corrected chi connectivity index (χ1v) is 8.78. The highest BCUT2D eigenvalue weighted by Gasteiger charge is 2.14. The van der Waals surface area contributed by atoms with Gasteiger partial charge in [-0.15, -0.1) is 0 Å². The second-order valence-corrected chi connectivity index (χ2v) is 6.89. The third-order valence-electron chi connectivity index (χ3n) is 4.05. The first-order valence-electron chi connectivity index (χ1n) is 8.02. The summed E-state index contributed by atoms with van der Waals surface area (Å²) in [5.74, 6) is 0.371. The molecule has 0 amide bonds. The minimum absolute atomic E-state index is 0.122. The molecule has 3 aromatic rings. The van der Waals surface area contributed by atoms with Crippen molar-refractivity contribution < 1.29 is 14.3 Å². The lowest BCUT2D eigenvalue weighted by Gasteiger charge is -2.06. The van der Waals surface area contributed by atoms with Gasteiger partial charge in [0.1, 0.15) is 11.5 Å². The molecule has 3 nitrogen and oxygen atoms in total. The second-order valence-electron chi connectivity index (χ2n) is 6.02. The number of halogens is 2. The normalized spacial score (nSPS) is 10.7. The van der Waals surface area contributed by atoms with Crippen molar-refractivity contribution in [3.63, 3.8) is 0 Å². The van der Waals surface area contributed by atoms with Gasteiger partial charge in [0.2, 0.25) is 0 Å². The van der Waals surface area contributed by atoms with E-state index in [4.69, 9.17) is 27.9 Å². The monoisotopic (exact) mass is 386 g/mol. The molecule has 0 saturated heterocycles. The van der Waals surface area contributed by atoms with E-state index in [0.717, 1.165) is 16.5 Å². The lowest BCUT2D eigenvalue weighted by atomic mass is 9.99. The number of fused-ring (bicyclic) bond motifs is 1. The molecular formula is C21H16Cl2O3. The summed E-state index contributed by atoms with van der Waals surface area (Å²) in [6.45, 7) is 0. The van der Waals surface area contributed by atoms with E-state index in [-0.39, 0.29) is 24.4 Å². The Balaban J connectivity index is 1.72. The first kappa shape index (κ1) is 18.4. The van der Waals surface area contributed by atoms with Gasteiger partial charge < -0.3 is 4.74 Å². The highest BCUT2D eigenvalue weighted by molar-refractivity contribution is 6.34. The smallest absolute Gasteiger partial charge is 0.170 e. The third kappa shape index (κ3) is 4.43. The summed E-state index contributed by atoms with van der Waals surface area (Å²) in [7, 11) is 1.61. The van der Waals surface area contributed by atoms with E-state index in [9.17, 15) is 9.59 Å². The van der Waals surface area contributed by atoms with Crippen LogP contribution in [0.1, 0.15) is 22.3 Å². The van der Waals surface area contributed by atoms with Gasteiger partial charge in [-0.2, -0.15) is 0 Å². The molecule has 5 heteroatoms. The Morgan fingerprint density at radius 3 is 2.23 bits per heavy atom. The molecule has 0 aliphatic heterocycles. The molecule has 0 radical (unpaired) electrons. The van der Waals surface area contributed by atoms with Crippen LogP contribution in [0.25, 0.3) is 10.8 Å². The van der Waals surface area contributed by atoms with Crippen LogP contribution in [0.15, 0.2) is 54.6 Å². The zero-order valence-corrected chi connectivity index (χ0v) is 15.6. The van der Waals surface area contributed by atoms with E-state index in [1.807, 2.05) is 24.3 Å². The molecule has 0 fully saturated rings. The molecule has 0 aromatic heterocycles. The maximum atomic E-state index is 12.4. The van der Waals surface area contributed by atoms with Gasteiger partial charge in [-0.05, 0) is 52.7 Å². The Kier molecular flexibility index (Phi) is 5.60. The second kappa shape index (κ2) is 7.90. The molecular weight excluding hydrogens is 371 g/mol. The fourth-order valence-corrected chi connectivity index (χ4v) is 3.38. The summed E-state index contributed by atoms with van der Waals surface area (Å²) >= 11 is 11.9. The number of carbonyl (C=O) groups is 2. The minimum Gasteiger partial charge on any atom is -0.497 e. The van der Waals surface area contributed by atoms with Crippen LogP contribution in [0.5, 0.6) is 5.75 Å². The highest BCUT2D eigenvalue weighted by atomic mass is 35.5. The molecule has 3 aromatic carbocycles. The van der Waals surface area contributed by atoms with Gasteiger partial charge >= 0.3 is 0 Å². The fourth-order valence-electron chi connectivity index (χ4n) is 2.81. The predicted octanol–water partition coefficient (Wildman–Crippen LogP) is 5.54. The summed E-state index contributed by atoms with van der Waals surface area (Å²) < 4.78 is 5.20. The Morgan fingerprint density at radius 2 is 1.54 bits per heavy atom. The van der Waals surface area contributed by atoms with Gasteiger partial charge in [0.25, 0.3) is 0 Å². The minimum atomic E-state index is -0.208. The Labute approximate surface area is 161 Å². The molecule has 0 atom stereocenters. The number of ketones is 2. The van der Waals surface area contributed by atoms with Crippen LogP contribution in [0.3, 0.4) is 0 Å². The summed E-state index contributed by atoms with van der Waals surface area (Å²) in [5, 5.41) is 2.83. The lowest BCUT2D eigenvalue weighted by molar-refractivity contribution is -0.117. The number of rotatable bonds is 6. The van der Waals surface area contributed by atoms with Crippen LogP contribution < -0.4 is 4.74 Å². The maximum Gasteiger partial charge on any atom is 0.170 e. The van der Waals surface area contributed by atoms with E-state index < -0.39 is 0 Å². The van der Waals surface area contributed by atoms with Gasteiger partial charge in [-0.1, -0.05) is 41.4 Å². The zero-order valence-electron chi connectivity index (χ0n) is 14.1. The number of ether oxygens (including phenoxy) is 1. The van der Waals surface area contributed by atoms with Gasteiger partial charge in [0, 0.05) is 22.0 Å². The molecule has 0 spiro atoms. The van der Waals surface area contributed by atoms with Crippen molar-refractivity contribution in [3.8, 4) is 5.75 Å². The van der Waals surface area contributed by atoms with Crippen molar-refractivity contribution in [3.05, 3.63) is 75.8 Å². The zero-order chi connectivity index (χ0) is 18.7. The van der Waals surface area contributed by atoms with Gasteiger partial charge in [0.05, 0.1) is 13.5 Å². The SMILES string of the molecule is COc1ccc2cc(C(=O)CC(=O)Cc3cc(Cl)cc(Cl)c3)ccc2c1. The number of hydrogen-bond acceptors (Lipinski definition) is 3. The van der Waals surface area contributed by atoms with Crippen LogP contribution in [0.4, 0.5) is 0 Å². The molecule has 0 aliphatic rings. The van der Waals surface area contributed by atoms with Crippen LogP contribution in [-0.4, -0.2) is 18.7 Å². The van der Waals surface area contributed by atoms with Crippen LogP contribution in [-0.2, 0) is 11.2 Å². The first-order chi connectivity index (χ1) is 12.4. The number of hydrogen-bond donors (Lipinski definition) is 0. The standard InChI is InChI=1S/C21H16Cl2O3/c1-26-20-5-4-14-9-16(3-2-15(14)10-20)21(25)12-19(24)8-13-6-17(22)11-18(23)7-13/h2-7,9-11H,8,12H2,1H3. The molecule has 0 saturated carbocycles. The lowest BCUT2D eigenvalue weighted by Crippen LogP contribution is -2.10. The predicted molar refractivity (Wildman–Crippen MR) is 105 cm³/mol. The van der Waals surface area contributed by atoms with Crippen molar-refractivity contribution in [2.75, 3.05) is 7.11 Å². The van der Waals surface area contributed by atoms with Crippen LogP contribution in [0, 0.1) is 0 Å². The number of carbonyl (C=O) groups excluding carboxylic acids is 2. The van der Waals surface area contributed by atoms with Crippen molar-refractivity contribution in [1.82, 2.24) is 0 Å². The molecule has 0 N–H and O–H groups in total. The Bertz CT molecular complexity index is 975. The molecule has 26 heavy (non-hydrogen) atoms. The molecule has 0 unspecified atom stereocenters. The molecule has 0 heterocycles. The van der Waals surface area contributed by atoms with Gasteiger partial charge in [-0.3, -0.25) is 9.59 Å². The average Bonchev–Trinajstić information content (AvgIpc) is 2.59. The van der Waals surface area contributed by atoms with Gasteiger partial charge in [0.15, 0.2) is 5.78 Å². The summed E-state index contributed by atoms with van der Waals surface area (Å²) in [6.07, 6.45) is -0.0391. The highest BCUT2D eigenvalue weighted by Crippen LogP contribution is 2.23. The summed E-state index contributed by atoms with van der Waals surface area (Å²) in [6, 6.07) is 16.0. The average molecular weight is 387 g/mol. The Hall–Kier alpha value is -2.36. The van der Waals surface area contributed by atoms with E-state index in [0.29, 0.717) is 21.2 Å². The maximum absolute atomic E-state index is 12.4. The van der Waals surface area contributed by atoms with E-state index >= 15 is 0 Å². The van der Waals surface area contributed by atoms with Crippen molar-refractivity contribution in [2.45, 2.75) is 12.8 Å². The van der Waals surface area contributed by atoms with E-state index in [1.165, 1.54) is 0 Å². The molecule has 132 valence electrons. The number of methoxy groups -OCH3 is 1. The largest absolute Gasteiger partial charge is 0.497 e. The van der Waals surface area contributed by atoms with Crippen molar-refractivity contribution in [1.29, 1.82) is 0 Å². The number of benzene rings is 3. The van der Waals surface area contributed by atoms with Crippen LogP contribution in [0.2, 0.25) is 10.0 Å². The van der Waals surface area contributed by atoms with Crippen molar-refractivity contribution >= 4 is 45.5 Å². The third-order valence-corrected chi connectivity index (χ3v) is 4.49. The van der Waals surface area contributed by atoms with Gasteiger partial charge in [-0.25, -0.2) is 0 Å². The van der Waals surface area contributed by atoms with Crippen molar-refractivity contribution in [2.24, 2.45) is 0 Å². The van der Waals surface area contributed by atoms with Crippen LogP contribution >= 0.6 is 23.2 Å². The fraction of sp³-hybridized carbons (Fsp3) is 0.143. The Morgan fingerprint density at radius 1 is 0.885 bits per heavy atom. The summed E-state index contributed by atoms with van der Waals surface area (Å²) in [5.41, 5.74) is 1.21. The summed E-state index contributed by atoms with van der Waals surface area (Å²) in [4.78, 5) is 24.7. The number of Topliss-reactive ketones (excluding diaryl/α,β-unsaturated/α-hetero) is 2. The molecule has 3 rings (SSSR count). The molecule has 0 aliphatic carbocycles. The molecule has 0 bridgehead atoms.